The summed E-state index contributed by atoms with van der Waals surface area (Å²) in [6.07, 6.45) is 6.74. The first-order valence-corrected chi connectivity index (χ1v) is 7.50. The van der Waals surface area contributed by atoms with Gasteiger partial charge in [0, 0.05) is 18.9 Å². The number of pyridine rings is 1. The van der Waals surface area contributed by atoms with Gasteiger partial charge in [0.25, 0.3) is 5.56 Å². The van der Waals surface area contributed by atoms with E-state index in [9.17, 15) is 9.59 Å². The predicted molar refractivity (Wildman–Crippen MR) is 83.0 cm³/mol. The van der Waals surface area contributed by atoms with E-state index in [0.29, 0.717) is 18.8 Å². The number of likely N-dealkylation sites (tertiary alicyclic amines) is 1. The van der Waals surface area contributed by atoms with Gasteiger partial charge in [0.15, 0.2) is 0 Å². The van der Waals surface area contributed by atoms with Gasteiger partial charge in [-0.1, -0.05) is 6.07 Å². The van der Waals surface area contributed by atoms with Gasteiger partial charge in [-0.3, -0.25) is 14.6 Å². The van der Waals surface area contributed by atoms with Crippen LogP contribution in [0, 0.1) is 0 Å². The lowest BCUT2D eigenvalue weighted by Gasteiger charge is -2.24. The summed E-state index contributed by atoms with van der Waals surface area (Å²) in [5, 5.41) is 0. The zero-order chi connectivity index (χ0) is 16.2. The number of nitrogens with one attached hydrogen (secondary N) is 1. The van der Waals surface area contributed by atoms with Gasteiger partial charge in [-0.2, -0.15) is 0 Å². The Bertz CT molecular complexity index is 744. The molecule has 2 aromatic rings. The Hall–Kier alpha value is -2.70. The first kappa shape index (κ1) is 15.2. The third-order valence-electron chi connectivity index (χ3n) is 3.97. The molecule has 1 N–H and O–H groups in total. The fraction of sp³-hybridized carbons (Fsp3) is 0.375. The minimum Gasteiger partial charge on any atom is -0.490 e. The molecule has 3 rings (SSSR count). The zero-order valence-corrected chi connectivity index (χ0v) is 12.9. The van der Waals surface area contributed by atoms with Crippen molar-refractivity contribution in [3.05, 3.63) is 52.5 Å². The Labute approximate surface area is 133 Å². The van der Waals surface area contributed by atoms with Crippen molar-refractivity contribution in [2.75, 3.05) is 13.7 Å². The normalized spacial score (nSPS) is 17.3. The van der Waals surface area contributed by atoms with Crippen molar-refractivity contribution in [2.24, 2.45) is 0 Å². The summed E-state index contributed by atoms with van der Waals surface area (Å²) >= 11 is 0. The fourth-order valence-electron chi connectivity index (χ4n) is 2.84. The van der Waals surface area contributed by atoms with Gasteiger partial charge in [-0.25, -0.2) is 4.98 Å². The van der Waals surface area contributed by atoms with Crippen molar-refractivity contribution in [1.29, 1.82) is 0 Å². The Morgan fingerprint density at radius 2 is 2.35 bits per heavy atom. The summed E-state index contributed by atoms with van der Waals surface area (Å²) in [6, 6.07) is 3.49. The largest absolute Gasteiger partial charge is 0.490 e. The van der Waals surface area contributed by atoms with E-state index in [1.807, 2.05) is 12.1 Å². The molecule has 1 aliphatic heterocycles. The fourth-order valence-corrected chi connectivity index (χ4v) is 2.84. The maximum atomic E-state index is 12.6. The van der Waals surface area contributed by atoms with Crippen molar-refractivity contribution >= 4 is 5.91 Å². The van der Waals surface area contributed by atoms with Crippen LogP contribution in [0.15, 0.2) is 35.5 Å². The highest BCUT2D eigenvalue weighted by Crippen LogP contribution is 2.30. The molecule has 0 spiro atoms. The van der Waals surface area contributed by atoms with Crippen LogP contribution < -0.4 is 10.3 Å². The van der Waals surface area contributed by atoms with Crippen LogP contribution in [0.3, 0.4) is 0 Å². The zero-order valence-electron chi connectivity index (χ0n) is 12.9. The van der Waals surface area contributed by atoms with Gasteiger partial charge >= 0.3 is 0 Å². The third-order valence-corrected chi connectivity index (χ3v) is 3.97. The molecular weight excluding hydrogens is 296 g/mol. The Balaban J connectivity index is 1.78. The van der Waals surface area contributed by atoms with Crippen LogP contribution in [-0.4, -0.2) is 39.4 Å². The van der Waals surface area contributed by atoms with Crippen LogP contribution in [0.1, 0.15) is 30.3 Å². The lowest BCUT2D eigenvalue weighted by Crippen LogP contribution is -2.33. The lowest BCUT2D eigenvalue weighted by atomic mass is 10.1. The standard InChI is InChI=1S/C16H18N4O3/c1-23-13-10-18-15(19-16(13)22)12-5-3-7-20(12)14(21)8-11-4-2-6-17-9-11/h2,4,6,9-10,12H,3,5,7-8H2,1H3,(H,18,19,22). The molecule has 0 bridgehead atoms. The van der Waals surface area contributed by atoms with E-state index in [4.69, 9.17) is 4.74 Å². The second-order valence-electron chi connectivity index (χ2n) is 5.45. The maximum absolute atomic E-state index is 12.6. The third kappa shape index (κ3) is 3.23. The molecule has 7 nitrogen and oxygen atoms in total. The molecule has 0 saturated carbocycles. The number of methoxy groups -OCH3 is 1. The summed E-state index contributed by atoms with van der Waals surface area (Å²) in [6.45, 7) is 0.666. The number of hydrogen-bond acceptors (Lipinski definition) is 5. The topological polar surface area (TPSA) is 88.2 Å². The number of carbonyl (C=O) groups excluding carboxylic acids is 1. The number of aromatic nitrogens is 3. The molecule has 1 unspecified atom stereocenters. The molecule has 1 atom stereocenters. The second kappa shape index (κ2) is 6.60. The van der Waals surface area contributed by atoms with E-state index in [2.05, 4.69) is 15.0 Å². The van der Waals surface area contributed by atoms with E-state index in [1.54, 1.807) is 17.3 Å². The number of nitrogens with zero attached hydrogens (tertiary/aromatic N) is 3. The van der Waals surface area contributed by atoms with Crippen molar-refractivity contribution < 1.29 is 9.53 Å². The van der Waals surface area contributed by atoms with E-state index in [-0.39, 0.29) is 23.3 Å². The molecule has 1 aliphatic rings. The highest BCUT2D eigenvalue weighted by molar-refractivity contribution is 5.79. The first-order chi connectivity index (χ1) is 11.2. The van der Waals surface area contributed by atoms with E-state index >= 15 is 0 Å². The summed E-state index contributed by atoms with van der Waals surface area (Å²) < 4.78 is 4.92. The Morgan fingerprint density at radius 3 is 3.04 bits per heavy atom. The van der Waals surface area contributed by atoms with Crippen molar-refractivity contribution in [2.45, 2.75) is 25.3 Å². The quantitative estimate of drug-likeness (QED) is 0.912. The summed E-state index contributed by atoms with van der Waals surface area (Å²) in [4.78, 5) is 37.2. The maximum Gasteiger partial charge on any atom is 0.293 e. The van der Waals surface area contributed by atoms with Crippen LogP contribution in [-0.2, 0) is 11.2 Å². The van der Waals surface area contributed by atoms with E-state index in [0.717, 1.165) is 18.4 Å². The van der Waals surface area contributed by atoms with Crippen LogP contribution in [0.25, 0.3) is 0 Å². The molecule has 1 amide bonds. The van der Waals surface area contributed by atoms with Crippen LogP contribution in [0.2, 0.25) is 0 Å². The number of carbonyl (C=O) groups is 1. The van der Waals surface area contributed by atoms with Crippen LogP contribution in [0.5, 0.6) is 5.75 Å². The predicted octanol–water partition coefficient (Wildman–Crippen LogP) is 1.08. The molecule has 0 aromatic carbocycles. The number of ether oxygens (including phenoxy) is 1. The van der Waals surface area contributed by atoms with Gasteiger partial charge in [0.05, 0.1) is 25.8 Å². The smallest absolute Gasteiger partial charge is 0.293 e. The number of hydrogen-bond donors (Lipinski definition) is 1. The minimum absolute atomic E-state index is 0.0129. The second-order valence-corrected chi connectivity index (χ2v) is 5.45. The van der Waals surface area contributed by atoms with Crippen molar-refractivity contribution in [3.63, 3.8) is 0 Å². The lowest BCUT2D eigenvalue weighted by molar-refractivity contribution is -0.131. The van der Waals surface area contributed by atoms with Gasteiger partial charge in [-0.15, -0.1) is 0 Å². The number of rotatable bonds is 4. The molecule has 2 aromatic heterocycles. The monoisotopic (exact) mass is 314 g/mol. The minimum atomic E-state index is -0.330. The summed E-state index contributed by atoms with van der Waals surface area (Å²) in [5.41, 5.74) is 0.545. The van der Waals surface area contributed by atoms with Crippen molar-refractivity contribution in [1.82, 2.24) is 19.9 Å². The van der Waals surface area contributed by atoms with Crippen LogP contribution in [0.4, 0.5) is 0 Å². The molecule has 1 fully saturated rings. The SMILES string of the molecule is COc1cnc(C2CCCN2C(=O)Cc2cccnc2)[nH]c1=O. The van der Waals surface area contributed by atoms with Crippen molar-refractivity contribution in [3.8, 4) is 5.75 Å². The first-order valence-electron chi connectivity index (χ1n) is 7.50. The number of amides is 1. The molecule has 120 valence electrons. The number of H-pyrrole nitrogens is 1. The number of aromatic amines is 1. The van der Waals surface area contributed by atoms with Gasteiger partial charge in [0.2, 0.25) is 11.7 Å². The summed E-state index contributed by atoms with van der Waals surface area (Å²) in [5.74, 6) is 0.687. The highest BCUT2D eigenvalue weighted by Gasteiger charge is 2.31. The van der Waals surface area contributed by atoms with Gasteiger partial charge in [-0.05, 0) is 24.5 Å². The highest BCUT2D eigenvalue weighted by atomic mass is 16.5. The average molecular weight is 314 g/mol. The Kier molecular flexibility index (Phi) is 4.36. The molecular formula is C16H18N4O3. The Morgan fingerprint density at radius 1 is 1.48 bits per heavy atom. The molecule has 0 aliphatic carbocycles. The molecule has 0 radical (unpaired) electrons. The van der Waals surface area contributed by atoms with Crippen LogP contribution >= 0.6 is 0 Å². The van der Waals surface area contributed by atoms with E-state index in [1.165, 1.54) is 13.3 Å². The van der Waals surface area contributed by atoms with Gasteiger partial charge in [0.1, 0.15) is 5.82 Å². The molecule has 3 heterocycles. The van der Waals surface area contributed by atoms with E-state index < -0.39 is 0 Å². The molecule has 23 heavy (non-hydrogen) atoms. The molecule has 1 saturated heterocycles. The molecule has 7 heteroatoms. The van der Waals surface area contributed by atoms with Gasteiger partial charge < -0.3 is 14.6 Å². The average Bonchev–Trinajstić information content (AvgIpc) is 3.05. The summed E-state index contributed by atoms with van der Waals surface area (Å²) in [7, 11) is 1.42.